The lowest BCUT2D eigenvalue weighted by molar-refractivity contribution is 0.0469. The molecule has 0 amide bonds. The molecule has 3 aromatic rings. The van der Waals surface area contributed by atoms with E-state index in [9.17, 15) is 4.79 Å². The van der Waals surface area contributed by atoms with Crippen molar-refractivity contribution in [2.45, 2.75) is 25.4 Å². The van der Waals surface area contributed by atoms with Gasteiger partial charge in [0.05, 0.1) is 4.88 Å². The first-order valence-corrected chi connectivity index (χ1v) is 8.81. The number of ether oxygens (including phenoxy) is 1. The van der Waals surface area contributed by atoms with E-state index in [0.29, 0.717) is 17.4 Å². The molecule has 4 nitrogen and oxygen atoms in total. The van der Waals surface area contributed by atoms with Gasteiger partial charge in [0.15, 0.2) is 5.76 Å². The third-order valence-corrected chi connectivity index (χ3v) is 5.37. The molecule has 0 unspecified atom stereocenters. The van der Waals surface area contributed by atoms with Gasteiger partial charge in [0.1, 0.15) is 17.2 Å². The maximum Gasteiger partial charge on any atom is 0.348 e. The lowest BCUT2D eigenvalue weighted by Crippen LogP contribution is -2.05. The molecule has 0 saturated heterocycles. The molecule has 1 saturated carbocycles. The summed E-state index contributed by atoms with van der Waals surface area (Å²) >= 11 is 3.03. The Morgan fingerprint density at radius 1 is 1.32 bits per heavy atom. The Balaban J connectivity index is 1.42. The summed E-state index contributed by atoms with van der Waals surface area (Å²) in [5, 5.41) is 7.89. The Hall–Kier alpha value is -1.92. The lowest BCUT2D eigenvalue weighted by Gasteiger charge is -2.02. The van der Waals surface area contributed by atoms with Crippen LogP contribution in [-0.4, -0.2) is 11.1 Å². The van der Waals surface area contributed by atoms with Crippen LogP contribution < -0.4 is 0 Å². The molecule has 0 aromatic carbocycles. The van der Waals surface area contributed by atoms with E-state index < -0.39 is 0 Å². The number of thiophene rings is 2. The smallest absolute Gasteiger partial charge is 0.348 e. The van der Waals surface area contributed by atoms with Crippen LogP contribution in [0.3, 0.4) is 0 Å². The zero-order valence-electron chi connectivity index (χ0n) is 11.7. The second-order valence-corrected chi connectivity index (χ2v) is 7.08. The largest absolute Gasteiger partial charge is 0.455 e. The van der Waals surface area contributed by atoms with Gasteiger partial charge < -0.3 is 9.26 Å². The van der Waals surface area contributed by atoms with Gasteiger partial charge in [-0.3, -0.25) is 0 Å². The zero-order chi connectivity index (χ0) is 14.9. The normalized spacial score (nSPS) is 14.2. The molecule has 1 aliphatic rings. The summed E-state index contributed by atoms with van der Waals surface area (Å²) in [5.74, 6) is 0.986. The first kappa shape index (κ1) is 13.7. The van der Waals surface area contributed by atoms with Gasteiger partial charge in [-0.05, 0) is 47.2 Å². The third kappa shape index (κ3) is 2.71. The number of esters is 1. The number of carbonyl (C=O) groups is 1. The highest BCUT2D eigenvalue weighted by Crippen LogP contribution is 2.43. The summed E-state index contributed by atoms with van der Waals surface area (Å²) < 4.78 is 10.6. The second kappa shape index (κ2) is 5.70. The van der Waals surface area contributed by atoms with Crippen LogP contribution >= 0.6 is 22.7 Å². The second-order valence-electron chi connectivity index (χ2n) is 5.22. The van der Waals surface area contributed by atoms with E-state index in [-0.39, 0.29) is 12.6 Å². The molecule has 6 heteroatoms. The number of hydrogen-bond acceptors (Lipinski definition) is 6. The fourth-order valence-electron chi connectivity index (χ4n) is 2.32. The fourth-order valence-corrected chi connectivity index (χ4v) is 3.87. The molecular weight excluding hydrogens is 318 g/mol. The minimum atomic E-state index is -0.266. The molecule has 112 valence electrons. The summed E-state index contributed by atoms with van der Waals surface area (Å²) in [7, 11) is 0. The highest BCUT2D eigenvalue weighted by Gasteiger charge is 2.29. The molecule has 0 bridgehead atoms. The minimum absolute atomic E-state index is 0.135. The third-order valence-electron chi connectivity index (χ3n) is 3.57. The number of hydrogen-bond donors (Lipinski definition) is 0. The van der Waals surface area contributed by atoms with Crippen molar-refractivity contribution in [3.63, 3.8) is 0 Å². The highest BCUT2D eigenvalue weighted by atomic mass is 32.1. The summed E-state index contributed by atoms with van der Waals surface area (Å²) in [5.41, 5.74) is 1.76. The van der Waals surface area contributed by atoms with Gasteiger partial charge in [0, 0.05) is 6.07 Å². The van der Waals surface area contributed by atoms with Crippen molar-refractivity contribution in [3.05, 3.63) is 51.2 Å². The van der Waals surface area contributed by atoms with Crippen molar-refractivity contribution in [2.75, 3.05) is 0 Å². The maximum absolute atomic E-state index is 12.2. The number of aromatic nitrogens is 1. The van der Waals surface area contributed by atoms with Crippen molar-refractivity contribution in [3.8, 4) is 10.6 Å². The van der Waals surface area contributed by atoms with E-state index >= 15 is 0 Å². The van der Waals surface area contributed by atoms with Crippen molar-refractivity contribution in [1.29, 1.82) is 0 Å². The Morgan fingerprint density at radius 2 is 2.23 bits per heavy atom. The quantitative estimate of drug-likeness (QED) is 0.636. The average molecular weight is 331 g/mol. The molecular formula is C16H13NO3S2. The molecule has 0 atom stereocenters. The summed E-state index contributed by atoms with van der Waals surface area (Å²) in [6.45, 7) is 0.135. The SMILES string of the molecule is O=C(OCc1cc(-c2cccs2)on1)c1sccc1C1CC1. The predicted octanol–water partition coefficient (Wildman–Crippen LogP) is 4.70. The molecule has 3 heterocycles. The van der Waals surface area contributed by atoms with Gasteiger partial charge in [0.2, 0.25) is 0 Å². The van der Waals surface area contributed by atoms with Crippen LogP contribution in [0.5, 0.6) is 0 Å². The van der Waals surface area contributed by atoms with Crippen LogP contribution in [0.4, 0.5) is 0 Å². The minimum Gasteiger partial charge on any atom is -0.455 e. The molecule has 22 heavy (non-hydrogen) atoms. The van der Waals surface area contributed by atoms with Gasteiger partial charge >= 0.3 is 5.97 Å². The van der Waals surface area contributed by atoms with Gasteiger partial charge in [-0.15, -0.1) is 22.7 Å². The van der Waals surface area contributed by atoms with Crippen LogP contribution in [0.2, 0.25) is 0 Å². The summed E-state index contributed by atoms with van der Waals surface area (Å²) in [6, 6.07) is 7.77. The fraction of sp³-hybridized carbons (Fsp3) is 0.250. The number of rotatable bonds is 5. The predicted molar refractivity (Wildman–Crippen MR) is 85.2 cm³/mol. The van der Waals surface area contributed by atoms with Gasteiger partial charge in [0.25, 0.3) is 0 Å². The zero-order valence-corrected chi connectivity index (χ0v) is 13.3. The Morgan fingerprint density at radius 3 is 3.00 bits per heavy atom. The highest BCUT2D eigenvalue weighted by molar-refractivity contribution is 7.13. The van der Waals surface area contributed by atoms with Crippen LogP contribution in [0.1, 0.15) is 39.7 Å². The van der Waals surface area contributed by atoms with E-state index in [4.69, 9.17) is 9.26 Å². The standard InChI is InChI=1S/C16H13NO3S2/c18-16(15-12(5-7-22-15)10-3-4-10)19-9-11-8-13(20-17-11)14-2-1-6-21-14/h1-2,5-8,10H,3-4,9H2. The molecule has 1 aliphatic carbocycles. The maximum atomic E-state index is 12.2. The first-order valence-electron chi connectivity index (χ1n) is 7.05. The molecule has 0 radical (unpaired) electrons. The van der Waals surface area contributed by atoms with Gasteiger partial charge in [-0.1, -0.05) is 11.2 Å². The van der Waals surface area contributed by atoms with Crippen LogP contribution in [0.25, 0.3) is 10.6 Å². The molecule has 4 rings (SSSR count). The molecule has 0 aliphatic heterocycles. The molecule has 3 aromatic heterocycles. The van der Waals surface area contributed by atoms with E-state index in [0.717, 1.165) is 15.3 Å². The first-order chi connectivity index (χ1) is 10.8. The lowest BCUT2D eigenvalue weighted by atomic mass is 10.2. The monoisotopic (exact) mass is 331 g/mol. The molecule has 0 N–H and O–H groups in total. The van der Waals surface area contributed by atoms with E-state index in [2.05, 4.69) is 5.16 Å². The van der Waals surface area contributed by atoms with Crippen molar-refractivity contribution < 1.29 is 14.1 Å². The van der Waals surface area contributed by atoms with Crippen LogP contribution in [0.15, 0.2) is 39.5 Å². The summed E-state index contributed by atoms with van der Waals surface area (Å²) in [4.78, 5) is 13.9. The average Bonchev–Trinajstić information content (AvgIpc) is 3.02. The van der Waals surface area contributed by atoms with Crippen molar-refractivity contribution in [2.24, 2.45) is 0 Å². The topological polar surface area (TPSA) is 52.3 Å². The molecule has 1 fully saturated rings. The van der Waals surface area contributed by atoms with Crippen molar-refractivity contribution in [1.82, 2.24) is 5.16 Å². The van der Waals surface area contributed by atoms with E-state index in [1.165, 1.54) is 24.2 Å². The number of nitrogens with zero attached hydrogens (tertiary/aromatic N) is 1. The van der Waals surface area contributed by atoms with Crippen molar-refractivity contribution >= 4 is 28.6 Å². The van der Waals surface area contributed by atoms with E-state index in [1.54, 1.807) is 11.3 Å². The van der Waals surface area contributed by atoms with Gasteiger partial charge in [-0.2, -0.15) is 0 Å². The Bertz CT molecular complexity index is 784. The Labute approximate surface area is 135 Å². The Kier molecular flexibility index (Phi) is 3.56. The van der Waals surface area contributed by atoms with E-state index in [1.807, 2.05) is 35.0 Å². The van der Waals surface area contributed by atoms with Crippen LogP contribution in [-0.2, 0) is 11.3 Å². The summed E-state index contributed by atoms with van der Waals surface area (Å²) in [6.07, 6.45) is 2.34. The van der Waals surface area contributed by atoms with Gasteiger partial charge in [-0.25, -0.2) is 4.79 Å². The number of carbonyl (C=O) groups excluding carboxylic acids is 1. The molecule has 0 spiro atoms. The van der Waals surface area contributed by atoms with Crippen LogP contribution in [0, 0.1) is 0 Å².